The largest absolute Gasteiger partial charge is 0.411 e. The van der Waals surface area contributed by atoms with Crippen LogP contribution in [0.15, 0.2) is 5.16 Å². The van der Waals surface area contributed by atoms with Crippen LogP contribution in [0.4, 0.5) is 0 Å². The molecular formula is C10H20N2O2. The number of rotatable bonds is 3. The molecule has 0 aliphatic carbocycles. The van der Waals surface area contributed by atoms with Crippen molar-refractivity contribution in [3.63, 3.8) is 0 Å². The Bertz CT molecular complexity index is 206. The summed E-state index contributed by atoms with van der Waals surface area (Å²) >= 11 is 0. The third-order valence-electron chi connectivity index (χ3n) is 3.09. The second kappa shape index (κ2) is 5.32. The summed E-state index contributed by atoms with van der Waals surface area (Å²) in [7, 11) is 0. The second-order valence-electron chi connectivity index (χ2n) is 3.97. The van der Waals surface area contributed by atoms with Crippen molar-refractivity contribution >= 4 is 5.71 Å². The molecule has 0 radical (unpaired) electrons. The Balaban J connectivity index is 2.56. The van der Waals surface area contributed by atoms with Crippen LogP contribution in [0, 0.1) is 5.92 Å². The smallest absolute Gasteiger partial charge is 0.0627 e. The summed E-state index contributed by atoms with van der Waals surface area (Å²) in [5.41, 5.74) is 0.911. The lowest BCUT2D eigenvalue weighted by Gasteiger charge is -2.36. The van der Waals surface area contributed by atoms with Gasteiger partial charge in [0, 0.05) is 31.5 Å². The molecule has 1 fully saturated rings. The van der Waals surface area contributed by atoms with Crippen LogP contribution in [0.5, 0.6) is 0 Å². The summed E-state index contributed by atoms with van der Waals surface area (Å²) in [5, 5.41) is 21.2. The van der Waals surface area contributed by atoms with Crippen LogP contribution in [-0.2, 0) is 0 Å². The molecule has 1 heterocycles. The molecular weight excluding hydrogens is 180 g/mol. The van der Waals surface area contributed by atoms with Crippen LogP contribution in [0.25, 0.3) is 0 Å². The van der Waals surface area contributed by atoms with Crippen molar-refractivity contribution in [2.24, 2.45) is 11.1 Å². The maximum Gasteiger partial charge on any atom is 0.0627 e. The van der Waals surface area contributed by atoms with E-state index >= 15 is 0 Å². The number of oxime groups is 1. The van der Waals surface area contributed by atoms with E-state index in [9.17, 15) is 0 Å². The number of aliphatic hydroxyl groups excluding tert-OH is 1. The molecule has 0 spiro atoms. The average molecular weight is 200 g/mol. The van der Waals surface area contributed by atoms with E-state index in [1.54, 1.807) is 0 Å². The maximum absolute atomic E-state index is 9.05. The molecule has 1 aliphatic heterocycles. The second-order valence-corrected chi connectivity index (χ2v) is 3.97. The van der Waals surface area contributed by atoms with E-state index in [1.165, 1.54) is 0 Å². The van der Waals surface area contributed by atoms with Crippen LogP contribution in [-0.4, -0.2) is 46.7 Å². The van der Waals surface area contributed by atoms with Crippen LogP contribution in [0.1, 0.15) is 26.7 Å². The van der Waals surface area contributed by atoms with Gasteiger partial charge in [-0.05, 0) is 13.3 Å². The first-order valence-corrected chi connectivity index (χ1v) is 5.28. The van der Waals surface area contributed by atoms with Gasteiger partial charge in [0.1, 0.15) is 0 Å². The lowest BCUT2D eigenvalue weighted by atomic mass is 9.92. The van der Waals surface area contributed by atoms with Gasteiger partial charge in [-0.25, -0.2) is 0 Å². The van der Waals surface area contributed by atoms with Gasteiger partial charge in [0.2, 0.25) is 0 Å². The highest BCUT2D eigenvalue weighted by molar-refractivity contribution is 5.87. The van der Waals surface area contributed by atoms with Gasteiger partial charge in [0.05, 0.1) is 12.3 Å². The number of nitrogens with zero attached hydrogens (tertiary/aromatic N) is 2. The van der Waals surface area contributed by atoms with Crippen molar-refractivity contribution in [2.45, 2.75) is 32.7 Å². The Kier molecular flexibility index (Phi) is 4.35. The van der Waals surface area contributed by atoms with Gasteiger partial charge < -0.3 is 10.3 Å². The minimum absolute atomic E-state index is 0.196. The summed E-state index contributed by atoms with van der Waals surface area (Å²) in [4.78, 5) is 2.25. The Labute approximate surface area is 85.2 Å². The van der Waals surface area contributed by atoms with Crippen LogP contribution in [0.3, 0.4) is 0 Å². The Hall–Kier alpha value is -0.610. The Morgan fingerprint density at radius 1 is 1.64 bits per heavy atom. The van der Waals surface area contributed by atoms with Crippen molar-refractivity contribution in [1.29, 1.82) is 0 Å². The Morgan fingerprint density at radius 3 is 2.86 bits per heavy atom. The summed E-state index contributed by atoms with van der Waals surface area (Å²) in [5.74, 6) is 0.350. The van der Waals surface area contributed by atoms with Crippen molar-refractivity contribution in [1.82, 2.24) is 4.90 Å². The third-order valence-corrected chi connectivity index (χ3v) is 3.09. The van der Waals surface area contributed by atoms with Crippen molar-refractivity contribution < 1.29 is 10.3 Å². The minimum Gasteiger partial charge on any atom is -0.411 e. The van der Waals surface area contributed by atoms with E-state index in [4.69, 9.17) is 10.3 Å². The Morgan fingerprint density at radius 2 is 2.36 bits per heavy atom. The van der Waals surface area contributed by atoms with Gasteiger partial charge in [-0.15, -0.1) is 0 Å². The van der Waals surface area contributed by atoms with Crippen LogP contribution in [0.2, 0.25) is 0 Å². The standard InChI is InChI=1S/C10H20N2O2/c1-3-9-6-12(8(2)7-13)5-4-10(9)11-14/h8-9,13-14H,3-7H2,1-2H3/b11-10-. The SMILES string of the molecule is CCC1CN(C(C)CO)CC/C1=N/O. The lowest BCUT2D eigenvalue weighted by molar-refractivity contribution is 0.117. The van der Waals surface area contributed by atoms with Gasteiger partial charge in [-0.2, -0.15) is 0 Å². The molecule has 2 N–H and O–H groups in total. The predicted molar refractivity (Wildman–Crippen MR) is 55.7 cm³/mol. The number of hydrogen-bond acceptors (Lipinski definition) is 4. The number of aliphatic hydroxyl groups is 1. The summed E-state index contributed by atoms with van der Waals surface area (Å²) in [6.07, 6.45) is 1.81. The fourth-order valence-electron chi connectivity index (χ4n) is 1.95. The summed E-state index contributed by atoms with van der Waals surface area (Å²) in [6, 6.07) is 0.212. The molecule has 2 unspecified atom stereocenters. The highest BCUT2D eigenvalue weighted by Gasteiger charge is 2.26. The quantitative estimate of drug-likeness (QED) is 0.526. The molecule has 0 aromatic heterocycles. The molecule has 1 aliphatic rings. The van der Waals surface area contributed by atoms with E-state index in [2.05, 4.69) is 17.0 Å². The highest BCUT2D eigenvalue weighted by atomic mass is 16.4. The molecule has 0 amide bonds. The summed E-state index contributed by atoms with van der Waals surface area (Å²) < 4.78 is 0. The van der Waals surface area contributed by atoms with Gasteiger partial charge in [0.15, 0.2) is 0 Å². The zero-order chi connectivity index (χ0) is 10.6. The van der Waals surface area contributed by atoms with E-state index in [0.29, 0.717) is 5.92 Å². The monoisotopic (exact) mass is 200 g/mol. The minimum atomic E-state index is 0.196. The topological polar surface area (TPSA) is 56.1 Å². The maximum atomic E-state index is 9.05. The molecule has 82 valence electrons. The van der Waals surface area contributed by atoms with Gasteiger partial charge in [-0.3, -0.25) is 4.90 Å². The number of hydrogen-bond donors (Lipinski definition) is 2. The van der Waals surface area contributed by atoms with Gasteiger partial charge in [0.25, 0.3) is 0 Å². The fraction of sp³-hybridized carbons (Fsp3) is 0.900. The van der Waals surface area contributed by atoms with Crippen molar-refractivity contribution in [2.75, 3.05) is 19.7 Å². The predicted octanol–water partition coefficient (Wildman–Crippen LogP) is 0.929. The van der Waals surface area contributed by atoms with Gasteiger partial charge in [-0.1, -0.05) is 12.1 Å². The van der Waals surface area contributed by atoms with E-state index in [0.717, 1.165) is 31.6 Å². The molecule has 0 aromatic carbocycles. The van der Waals surface area contributed by atoms with Crippen molar-refractivity contribution in [3.8, 4) is 0 Å². The highest BCUT2D eigenvalue weighted by Crippen LogP contribution is 2.18. The molecule has 2 atom stereocenters. The average Bonchev–Trinajstić information content (AvgIpc) is 2.26. The lowest BCUT2D eigenvalue weighted by Crippen LogP contribution is -2.46. The molecule has 0 aromatic rings. The summed E-state index contributed by atoms with van der Waals surface area (Å²) in [6.45, 7) is 6.11. The van der Waals surface area contributed by atoms with Crippen molar-refractivity contribution in [3.05, 3.63) is 0 Å². The molecule has 14 heavy (non-hydrogen) atoms. The number of likely N-dealkylation sites (tertiary alicyclic amines) is 1. The number of piperidine rings is 1. The zero-order valence-corrected chi connectivity index (χ0v) is 8.98. The normalized spacial score (nSPS) is 29.4. The third kappa shape index (κ3) is 2.45. The molecule has 0 saturated carbocycles. The first-order chi connectivity index (χ1) is 6.72. The molecule has 0 bridgehead atoms. The fourth-order valence-corrected chi connectivity index (χ4v) is 1.95. The van der Waals surface area contributed by atoms with E-state index in [1.807, 2.05) is 6.92 Å². The molecule has 4 nitrogen and oxygen atoms in total. The van der Waals surface area contributed by atoms with Gasteiger partial charge >= 0.3 is 0 Å². The molecule has 1 saturated heterocycles. The van der Waals surface area contributed by atoms with E-state index in [-0.39, 0.29) is 12.6 Å². The molecule has 4 heteroatoms. The molecule has 1 rings (SSSR count). The van der Waals surface area contributed by atoms with Crippen LogP contribution < -0.4 is 0 Å². The van der Waals surface area contributed by atoms with Crippen LogP contribution >= 0.6 is 0 Å². The first kappa shape index (κ1) is 11.5. The zero-order valence-electron chi connectivity index (χ0n) is 8.98. The first-order valence-electron chi connectivity index (χ1n) is 5.28. The van der Waals surface area contributed by atoms with E-state index < -0.39 is 0 Å².